The van der Waals surface area contributed by atoms with Gasteiger partial charge in [-0.2, -0.15) is 0 Å². The molecule has 3 nitrogen and oxygen atoms in total. The third kappa shape index (κ3) is 0.897. The Morgan fingerprint density at radius 1 is 1.36 bits per heavy atom. The molecular weight excluding hydrogens is 142 g/mol. The maximum Gasteiger partial charge on any atom is 0.167 e. The highest BCUT2D eigenvalue weighted by molar-refractivity contribution is 5.78. The van der Waals surface area contributed by atoms with E-state index < -0.39 is 0 Å². The van der Waals surface area contributed by atoms with E-state index in [1.165, 1.54) is 0 Å². The molecule has 2 rings (SSSR count). The van der Waals surface area contributed by atoms with Crippen molar-refractivity contribution in [1.82, 2.24) is 5.16 Å². The van der Waals surface area contributed by atoms with Gasteiger partial charge in [0.1, 0.15) is 12.3 Å². The van der Waals surface area contributed by atoms with Crippen molar-refractivity contribution in [3.8, 4) is 0 Å². The zero-order valence-electron chi connectivity index (χ0n) is 5.78. The van der Waals surface area contributed by atoms with Gasteiger partial charge in [0.05, 0.1) is 0 Å². The van der Waals surface area contributed by atoms with Gasteiger partial charge in [0.15, 0.2) is 5.58 Å². The van der Waals surface area contributed by atoms with Crippen molar-refractivity contribution in [3.05, 3.63) is 30.0 Å². The van der Waals surface area contributed by atoms with E-state index in [1.807, 2.05) is 18.2 Å². The molecule has 0 saturated heterocycles. The van der Waals surface area contributed by atoms with Crippen LogP contribution in [0.3, 0.4) is 0 Å². The first kappa shape index (κ1) is 6.37. The van der Waals surface area contributed by atoms with Crippen LogP contribution in [0.25, 0.3) is 11.0 Å². The summed E-state index contributed by atoms with van der Waals surface area (Å²) in [7, 11) is 0. The lowest BCUT2D eigenvalue weighted by Gasteiger charge is -1.84. The third-order valence-corrected chi connectivity index (χ3v) is 1.59. The van der Waals surface area contributed by atoms with E-state index >= 15 is 0 Å². The molecule has 55 valence electrons. The first-order valence-corrected chi connectivity index (χ1v) is 3.33. The number of benzene rings is 1. The normalized spacial score (nSPS) is 10.6. The molecule has 0 fully saturated rings. The summed E-state index contributed by atoms with van der Waals surface area (Å²) in [4.78, 5) is 0. The second-order valence-corrected chi connectivity index (χ2v) is 2.27. The summed E-state index contributed by atoms with van der Waals surface area (Å²) < 4.78 is 4.89. The van der Waals surface area contributed by atoms with Gasteiger partial charge < -0.3 is 4.52 Å². The maximum absolute atomic E-state index is 10.5. The van der Waals surface area contributed by atoms with E-state index in [2.05, 4.69) is 5.16 Å². The summed E-state index contributed by atoms with van der Waals surface area (Å²) in [5.74, 6) is 0. The molecule has 0 saturated carbocycles. The van der Waals surface area contributed by atoms with Gasteiger partial charge in [-0.05, 0) is 12.1 Å². The van der Waals surface area contributed by atoms with Crippen molar-refractivity contribution >= 4 is 11.0 Å². The first-order valence-electron chi connectivity index (χ1n) is 3.33. The van der Waals surface area contributed by atoms with Crippen LogP contribution in [-0.2, 0) is 11.7 Å². The number of hydrogen-bond acceptors (Lipinski definition) is 2. The fourth-order valence-corrected chi connectivity index (χ4v) is 1.04. The zero-order valence-corrected chi connectivity index (χ0v) is 5.78. The molecule has 0 spiro atoms. The van der Waals surface area contributed by atoms with Gasteiger partial charge in [0, 0.05) is 5.39 Å². The van der Waals surface area contributed by atoms with E-state index in [0.717, 1.165) is 5.39 Å². The molecule has 1 heterocycles. The Labute approximate surface area is 63.2 Å². The van der Waals surface area contributed by atoms with Crippen LogP contribution in [0.1, 0.15) is 5.69 Å². The SMILES string of the molecule is [O]Cc1noc2ccccc12. The van der Waals surface area contributed by atoms with Crippen LogP contribution in [0.4, 0.5) is 0 Å². The summed E-state index contributed by atoms with van der Waals surface area (Å²) in [6.07, 6.45) is 0. The average Bonchev–Trinajstić information content (AvgIpc) is 2.47. The van der Waals surface area contributed by atoms with Gasteiger partial charge >= 0.3 is 0 Å². The molecule has 0 aliphatic heterocycles. The Hall–Kier alpha value is -1.35. The van der Waals surface area contributed by atoms with Crippen molar-refractivity contribution in [2.75, 3.05) is 0 Å². The van der Waals surface area contributed by atoms with Gasteiger partial charge in [-0.15, -0.1) is 0 Å². The Morgan fingerprint density at radius 2 is 2.18 bits per heavy atom. The summed E-state index contributed by atoms with van der Waals surface area (Å²) in [6, 6.07) is 7.33. The topological polar surface area (TPSA) is 45.9 Å². The lowest BCUT2D eigenvalue weighted by Crippen LogP contribution is -1.79. The van der Waals surface area contributed by atoms with Crippen molar-refractivity contribution in [2.24, 2.45) is 0 Å². The second kappa shape index (κ2) is 2.36. The van der Waals surface area contributed by atoms with Gasteiger partial charge in [-0.25, -0.2) is 5.11 Å². The van der Waals surface area contributed by atoms with E-state index in [-0.39, 0.29) is 6.61 Å². The maximum atomic E-state index is 10.5. The minimum absolute atomic E-state index is 0.322. The van der Waals surface area contributed by atoms with Crippen molar-refractivity contribution < 1.29 is 9.63 Å². The van der Waals surface area contributed by atoms with Crippen LogP contribution in [-0.4, -0.2) is 5.16 Å². The molecule has 0 aliphatic rings. The standard InChI is InChI=1S/C8H6NO2/c10-5-7-6-3-1-2-4-8(6)11-9-7/h1-4H,5H2. The summed E-state index contributed by atoms with van der Waals surface area (Å²) in [5.41, 5.74) is 1.17. The van der Waals surface area contributed by atoms with Gasteiger partial charge in [0.2, 0.25) is 0 Å². The number of para-hydroxylation sites is 1. The minimum atomic E-state index is -0.322. The van der Waals surface area contributed by atoms with Crippen molar-refractivity contribution in [2.45, 2.75) is 6.61 Å². The van der Waals surface area contributed by atoms with Gasteiger partial charge in [0.25, 0.3) is 0 Å². The molecule has 3 heteroatoms. The Balaban J connectivity index is 2.76. The number of fused-ring (bicyclic) bond motifs is 1. The third-order valence-electron chi connectivity index (χ3n) is 1.59. The molecule has 11 heavy (non-hydrogen) atoms. The molecule has 1 radical (unpaired) electrons. The number of hydrogen-bond donors (Lipinski definition) is 0. The Morgan fingerprint density at radius 3 is 3.00 bits per heavy atom. The molecule has 0 unspecified atom stereocenters. The van der Waals surface area contributed by atoms with Crippen molar-refractivity contribution in [3.63, 3.8) is 0 Å². The highest BCUT2D eigenvalue weighted by Gasteiger charge is 2.04. The van der Waals surface area contributed by atoms with Gasteiger partial charge in [-0.1, -0.05) is 17.3 Å². The van der Waals surface area contributed by atoms with Crippen LogP contribution in [0, 0.1) is 0 Å². The summed E-state index contributed by atoms with van der Waals surface area (Å²) >= 11 is 0. The number of aromatic nitrogens is 1. The van der Waals surface area contributed by atoms with E-state index in [1.54, 1.807) is 6.07 Å². The zero-order chi connectivity index (χ0) is 7.68. The predicted octanol–water partition coefficient (Wildman–Crippen LogP) is 1.76. The number of nitrogens with zero attached hydrogens (tertiary/aromatic N) is 1. The highest BCUT2D eigenvalue weighted by atomic mass is 16.5. The second-order valence-electron chi connectivity index (χ2n) is 2.27. The molecule has 0 amide bonds. The van der Waals surface area contributed by atoms with Crippen LogP contribution >= 0.6 is 0 Å². The Bertz CT molecular complexity index is 367. The molecule has 0 aliphatic carbocycles. The summed E-state index contributed by atoms with van der Waals surface area (Å²) in [5, 5.41) is 14.9. The molecule has 2 aromatic rings. The van der Waals surface area contributed by atoms with E-state index in [4.69, 9.17) is 4.52 Å². The minimum Gasteiger partial charge on any atom is -0.356 e. The average molecular weight is 148 g/mol. The van der Waals surface area contributed by atoms with Crippen LogP contribution < -0.4 is 0 Å². The molecule has 0 N–H and O–H groups in total. The highest BCUT2D eigenvalue weighted by Crippen LogP contribution is 2.17. The Kier molecular flexibility index (Phi) is 1.36. The van der Waals surface area contributed by atoms with E-state index in [0.29, 0.717) is 11.3 Å². The molecule has 0 bridgehead atoms. The van der Waals surface area contributed by atoms with Crippen LogP contribution in [0.5, 0.6) is 0 Å². The quantitative estimate of drug-likeness (QED) is 0.618. The van der Waals surface area contributed by atoms with E-state index in [9.17, 15) is 5.11 Å². The van der Waals surface area contributed by atoms with Crippen LogP contribution in [0.15, 0.2) is 28.8 Å². The molecular formula is C8H6NO2. The predicted molar refractivity (Wildman–Crippen MR) is 38.4 cm³/mol. The fraction of sp³-hybridized carbons (Fsp3) is 0.125. The lowest BCUT2D eigenvalue weighted by atomic mass is 10.2. The smallest absolute Gasteiger partial charge is 0.167 e. The molecule has 1 aromatic carbocycles. The largest absolute Gasteiger partial charge is 0.356 e. The first-order chi connectivity index (χ1) is 5.42. The molecule has 0 atom stereocenters. The van der Waals surface area contributed by atoms with Gasteiger partial charge in [-0.3, -0.25) is 0 Å². The summed E-state index contributed by atoms with van der Waals surface area (Å²) in [6.45, 7) is -0.322. The molecule has 1 aromatic heterocycles. The fourth-order valence-electron chi connectivity index (χ4n) is 1.04. The van der Waals surface area contributed by atoms with Crippen LogP contribution in [0.2, 0.25) is 0 Å². The monoisotopic (exact) mass is 148 g/mol. The lowest BCUT2D eigenvalue weighted by molar-refractivity contribution is 0.170. The van der Waals surface area contributed by atoms with Crippen molar-refractivity contribution in [1.29, 1.82) is 0 Å². The number of rotatable bonds is 1.